The average Bonchev–Trinajstić information content (AvgIpc) is 2.76. The van der Waals surface area contributed by atoms with E-state index in [1.807, 2.05) is 34.9 Å². The highest BCUT2D eigenvalue weighted by Crippen LogP contribution is 2.27. The van der Waals surface area contributed by atoms with E-state index in [1.165, 1.54) is 5.56 Å². The first-order chi connectivity index (χ1) is 14.1. The molecule has 0 bridgehead atoms. The van der Waals surface area contributed by atoms with Crippen molar-refractivity contribution < 1.29 is 14.3 Å². The van der Waals surface area contributed by atoms with Crippen molar-refractivity contribution in [3.63, 3.8) is 0 Å². The summed E-state index contributed by atoms with van der Waals surface area (Å²) in [6.45, 7) is 1.24. The summed E-state index contributed by atoms with van der Waals surface area (Å²) in [7, 11) is 3.19. The number of carbonyl (C=O) groups excluding carboxylic acids is 1. The van der Waals surface area contributed by atoms with Crippen LogP contribution in [0, 0.1) is 0 Å². The van der Waals surface area contributed by atoms with Crippen LogP contribution < -0.4 is 20.2 Å². The summed E-state index contributed by atoms with van der Waals surface area (Å²) < 4.78 is 12.6. The number of benzene rings is 2. The fourth-order valence-electron chi connectivity index (χ4n) is 3.97. The van der Waals surface area contributed by atoms with Crippen LogP contribution in [0.4, 0.5) is 0 Å². The maximum absolute atomic E-state index is 12.9. The number of aromatic nitrogens is 1. The summed E-state index contributed by atoms with van der Waals surface area (Å²) in [6.07, 6.45) is 4.31. The SMILES string of the molecule is COc1ccc(CCNC(=O)c2cn3c4c(cccc4c2=O)CCC3)cc1OC. The number of aryl methyl sites for hydroxylation is 2. The molecule has 0 fully saturated rings. The molecule has 150 valence electrons. The van der Waals surface area contributed by atoms with Crippen molar-refractivity contribution in [1.82, 2.24) is 9.88 Å². The molecule has 4 rings (SSSR count). The molecule has 0 unspecified atom stereocenters. The van der Waals surface area contributed by atoms with Crippen molar-refractivity contribution in [3.05, 3.63) is 69.5 Å². The van der Waals surface area contributed by atoms with Gasteiger partial charge in [-0.3, -0.25) is 9.59 Å². The Morgan fingerprint density at radius 3 is 2.76 bits per heavy atom. The van der Waals surface area contributed by atoms with E-state index in [1.54, 1.807) is 20.4 Å². The lowest BCUT2D eigenvalue weighted by Crippen LogP contribution is -2.31. The fraction of sp³-hybridized carbons (Fsp3) is 0.304. The molecule has 0 aliphatic carbocycles. The monoisotopic (exact) mass is 392 g/mol. The van der Waals surface area contributed by atoms with E-state index in [-0.39, 0.29) is 16.9 Å². The molecule has 2 aromatic carbocycles. The Labute approximate surface area is 169 Å². The highest BCUT2D eigenvalue weighted by Gasteiger charge is 2.19. The zero-order valence-corrected chi connectivity index (χ0v) is 16.7. The standard InChI is InChI=1S/C23H24N2O4/c1-28-19-9-8-15(13-20(19)29-2)10-11-24-23(27)18-14-25-12-4-6-16-5-3-7-17(21(16)25)22(18)26/h3,5,7-9,13-14H,4,6,10-12H2,1-2H3,(H,24,27). The van der Waals surface area contributed by atoms with Gasteiger partial charge in [0.1, 0.15) is 5.56 Å². The van der Waals surface area contributed by atoms with Crippen LogP contribution in [-0.4, -0.2) is 31.2 Å². The van der Waals surface area contributed by atoms with E-state index in [4.69, 9.17) is 9.47 Å². The number of rotatable bonds is 6. The van der Waals surface area contributed by atoms with E-state index in [0.717, 1.165) is 30.5 Å². The second-order valence-corrected chi connectivity index (χ2v) is 7.18. The van der Waals surface area contributed by atoms with Crippen LogP contribution in [-0.2, 0) is 19.4 Å². The maximum atomic E-state index is 12.9. The lowest BCUT2D eigenvalue weighted by Gasteiger charge is -2.20. The third-order valence-electron chi connectivity index (χ3n) is 5.42. The molecule has 1 aliphatic rings. The van der Waals surface area contributed by atoms with E-state index in [9.17, 15) is 9.59 Å². The van der Waals surface area contributed by atoms with Crippen LogP contribution in [0.1, 0.15) is 27.9 Å². The van der Waals surface area contributed by atoms with Crippen molar-refractivity contribution in [3.8, 4) is 11.5 Å². The molecule has 0 spiro atoms. The first-order valence-electron chi connectivity index (χ1n) is 9.76. The van der Waals surface area contributed by atoms with Crippen molar-refractivity contribution in [2.75, 3.05) is 20.8 Å². The molecule has 1 aliphatic heterocycles. The van der Waals surface area contributed by atoms with Crippen LogP contribution in [0.15, 0.2) is 47.4 Å². The molecule has 6 nitrogen and oxygen atoms in total. The molecular weight excluding hydrogens is 368 g/mol. The van der Waals surface area contributed by atoms with Gasteiger partial charge in [-0.1, -0.05) is 18.2 Å². The number of amides is 1. The highest BCUT2D eigenvalue weighted by molar-refractivity contribution is 5.97. The number of para-hydroxylation sites is 1. The highest BCUT2D eigenvalue weighted by atomic mass is 16.5. The third kappa shape index (κ3) is 3.58. The summed E-state index contributed by atoms with van der Waals surface area (Å²) >= 11 is 0. The van der Waals surface area contributed by atoms with Gasteiger partial charge in [0.2, 0.25) is 5.43 Å². The molecular formula is C23H24N2O4. The van der Waals surface area contributed by atoms with Crippen molar-refractivity contribution in [1.29, 1.82) is 0 Å². The zero-order chi connectivity index (χ0) is 20.4. The number of pyridine rings is 1. The minimum absolute atomic E-state index is 0.198. The van der Waals surface area contributed by atoms with Crippen LogP contribution in [0.2, 0.25) is 0 Å². The maximum Gasteiger partial charge on any atom is 0.256 e. The smallest absolute Gasteiger partial charge is 0.256 e. The van der Waals surface area contributed by atoms with Gasteiger partial charge < -0.3 is 19.4 Å². The third-order valence-corrected chi connectivity index (χ3v) is 5.42. The summed E-state index contributed by atoms with van der Waals surface area (Å²) in [6, 6.07) is 11.4. The van der Waals surface area contributed by atoms with Crippen LogP contribution in [0.5, 0.6) is 11.5 Å². The predicted molar refractivity (Wildman–Crippen MR) is 112 cm³/mol. The molecule has 3 aromatic rings. The molecule has 0 saturated heterocycles. The average molecular weight is 392 g/mol. The normalized spacial score (nSPS) is 12.6. The van der Waals surface area contributed by atoms with Gasteiger partial charge in [-0.05, 0) is 48.6 Å². The molecule has 1 aromatic heterocycles. The zero-order valence-electron chi connectivity index (χ0n) is 16.7. The first-order valence-corrected chi connectivity index (χ1v) is 9.76. The molecule has 1 amide bonds. The number of ether oxygens (including phenoxy) is 2. The predicted octanol–water partition coefficient (Wildman–Crippen LogP) is 2.94. The Morgan fingerprint density at radius 2 is 1.97 bits per heavy atom. The number of hydrogen-bond donors (Lipinski definition) is 1. The largest absolute Gasteiger partial charge is 0.493 e. The molecule has 1 N–H and O–H groups in total. The van der Waals surface area contributed by atoms with E-state index in [0.29, 0.717) is 29.9 Å². The summed E-state index contributed by atoms with van der Waals surface area (Å²) in [5, 5.41) is 3.50. The molecule has 0 saturated carbocycles. The minimum Gasteiger partial charge on any atom is -0.493 e. The van der Waals surface area contributed by atoms with Gasteiger partial charge in [0.25, 0.3) is 5.91 Å². The van der Waals surface area contributed by atoms with Gasteiger partial charge in [-0.15, -0.1) is 0 Å². The first kappa shape index (κ1) is 19.1. The summed E-state index contributed by atoms with van der Waals surface area (Å²) in [4.78, 5) is 25.6. The Morgan fingerprint density at radius 1 is 1.14 bits per heavy atom. The quantitative estimate of drug-likeness (QED) is 0.700. The number of nitrogens with zero attached hydrogens (tertiary/aromatic N) is 1. The topological polar surface area (TPSA) is 69.6 Å². The van der Waals surface area contributed by atoms with Crippen molar-refractivity contribution in [2.45, 2.75) is 25.8 Å². The Bertz CT molecular complexity index is 1130. The molecule has 6 heteroatoms. The van der Waals surface area contributed by atoms with Gasteiger partial charge in [0, 0.05) is 24.7 Å². The summed E-state index contributed by atoms with van der Waals surface area (Å²) in [5.74, 6) is 0.980. The number of methoxy groups -OCH3 is 2. The van der Waals surface area contributed by atoms with Gasteiger partial charge in [0.05, 0.1) is 19.7 Å². The van der Waals surface area contributed by atoms with Crippen LogP contribution in [0.3, 0.4) is 0 Å². The molecule has 29 heavy (non-hydrogen) atoms. The number of carbonyl (C=O) groups is 1. The van der Waals surface area contributed by atoms with E-state index >= 15 is 0 Å². The second-order valence-electron chi connectivity index (χ2n) is 7.18. The minimum atomic E-state index is -0.336. The van der Waals surface area contributed by atoms with Gasteiger partial charge >= 0.3 is 0 Å². The molecule has 0 atom stereocenters. The van der Waals surface area contributed by atoms with Crippen LogP contribution >= 0.6 is 0 Å². The van der Waals surface area contributed by atoms with E-state index < -0.39 is 0 Å². The Kier molecular flexibility index (Phi) is 5.25. The van der Waals surface area contributed by atoms with Crippen LogP contribution in [0.25, 0.3) is 10.9 Å². The second kappa shape index (κ2) is 7.99. The van der Waals surface area contributed by atoms with Crippen molar-refractivity contribution in [2.24, 2.45) is 0 Å². The van der Waals surface area contributed by atoms with Gasteiger partial charge in [0.15, 0.2) is 11.5 Å². The Hall–Kier alpha value is -3.28. The van der Waals surface area contributed by atoms with Gasteiger partial charge in [-0.25, -0.2) is 0 Å². The molecule has 0 radical (unpaired) electrons. The summed E-state index contributed by atoms with van der Waals surface area (Å²) in [5.41, 5.74) is 3.14. The lowest BCUT2D eigenvalue weighted by atomic mass is 9.99. The number of nitrogens with one attached hydrogen (secondary N) is 1. The van der Waals surface area contributed by atoms with Gasteiger partial charge in [-0.2, -0.15) is 0 Å². The number of hydrogen-bond acceptors (Lipinski definition) is 4. The Balaban J connectivity index is 1.52. The van der Waals surface area contributed by atoms with Crippen molar-refractivity contribution >= 4 is 16.8 Å². The fourth-order valence-corrected chi connectivity index (χ4v) is 3.97. The van der Waals surface area contributed by atoms with E-state index in [2.05, 4.69) is 11.4 Å². The lowest BCUT2D eigenvalue weighted by molar-refractivity contribution is 0.0952. The molecule has 2 heterocycles.